The fourth-order valence-corrected chi connectivity index (χ4v) is 1.59. The first-order chi connectivity index (χ1) is 6.58. The van der Waals surface area contributed by atoms with Crippen LogP contribution in [-0.2, 0) is 10.4 Å². The Labute approximate surface area is 84.6 Å². The van der Waals surface area contributed by atoms with Gasteiger partial charge >= 0.3 is 0 Å². The molecule has 2 heteroatoms. The van der Waals surface area contributed by atoms with Crippen LogP contribution in [0.3, 0.4) is 0 Å². The van der Waals surface area contributed by atoms with E-state index in [1.165, 1.54) is 6.92 Å². The van der Waals surface area contributed by atoms with E-state index >= 15 is 0 Å². The third kappa shape index (κ3) is 2.42. The standard InChI is InChI=1S/C12H16O2/c1-3-12(14,9-10(2)13)11-7-5-4-6-8-11/h4-8,14H,3,9H2,1-2H3. The summed E-state index contributed by atoms with van der Waals surface area (Å²) in [6.45, 7) is 3.39. The highest BCUT2D eigenvalue weighted by Gasteiger charge is 2.28. The van der Waals surface area contributed by atoms with Crippen LogP contribution in [0.4, 0.5) is 0 Å². The van der Waals surface area contributed by atoms with Gasteiger partial charge in [-0.25, -0.2) is 0 Å². The van der Waals surface area contributed by atoms with Gasteiger partial charge in [0.25, 0.3) is 0 Å². The van der Waals surface area contributed by atoms with E-state index in [2.05, 4.69) is 0 Å². The van der Waals surface area contributed by atoms with Crippen molar-refractivity contribution in [2.24, 2.45) is 0 Å². The van der Waals surface area contributed by atoms with Crippen LogP contribution in [0.1, 0.15) is 32.3 Å². The van der Waals surface area contributed by atoms with Crippen LogP contribution < -0.4 is 0 Å². The maximum atomic E-state index is 11.0. The monoisotopic (exact) mass is 192 g/mol. The van der Waals surface area contributed by atoms with E-state index in [4.69, 9.17) is 0 Å². The third-order valence-corrected chi connectivity index (χ3v) is 2.44. The van der Waals surface area contributed by atoms with Crippen LogP contribution in [-0.4, -0.2) is 10.9 Å². The zero-order chi connectivity index (χ0) is 10.6. The fourth-order valence-electron chi connectivity index (χ4n) is 1.59. The summed E-state index contributed by atoms with van der Waals surface area (Å²) >= 11 is 0. The lowest BCUT2D eigenvalue weighted by Gasteiger charge is -2.26. The minimum Gasteiger partial charge on any atom is -0.385 e. The van der Waals surface area contributed by atoms with Crippen LogP contribution in [0, 0.1) is 0 Å². The molecule has 0 aliphatic heterocycles. The minimum atomic E-state index is -0.993. The molecule has 1 rings (SSSR count). The zero-order valence-corrected chi connectivity index (χ0v) is 8.66. The first kappa shape index (κ1) is 10.9. The molecule has 1 N–H and O–H groups in total. The molecule has 0 spiro atoms. The minimum absolute atomic E-state index is 0.0122. The number of hydrogen-bond acceptors (Lipinski definition) is 2. The van der Waals surface area contributed by atoms with Gasteiger partial charge in [0.1, 0.15) is 5.78 Å². The van der Waals surface area contributed by atoms with Gasteiger partial charge in [0.05, 0.1) is 5.60 Å². The molecule has 1 aromatic rings. The number of carbonyl (C=O) groups is 1. The van der Waals surface area contributed by atoms with E-state index in [1.54, 1.807) is 0 Å². The molecule has 76 valence electrons. The van der Waals surface area contributed by atoms with Crippen molar-refractivity contribution in [2.75, 3.05) is 0 Å². The molecule has 2 nitrogen and oxygen atoms in total. The van der Waals surface area contributed by atoms with Gasteiger partial charge in [-0.3, -0.25) is 4.79 Å². The molecule has 0 aliphatic rings. The second kappa shape index (κ2) is 4.38. The molecule has 0 bridgehead atoms. The highest BCUT2D eigenvalue weighted by atomic mass is 16.3. The Morgan fingerprint density at radius 2 is 1.93 bits per heavy atom. The summed E-state index contributed by atoms with van der Waals surface area (Å²) in [5.41, 5.74) is -0.176. The van der Waals surface area contributed by atoms with Gasteiger partial charge in [0, 0.05) is 6.42 Å². The molecule has 0 saturated heterocycles. The van der Waals surface area contributed by atoms with Gasteiger partial charge in [-0.2, -0.15) is 0 Å². The summed E-state index contributed by atoms with van der Waals surface area (Å²) < 4.78 is 0. The predicted octanol–water partition coefficient (Wildman–Crippen LogP) is 2.26. The smallest absolute Gasteiger partial charge is 0.133 e. The molecular weight excluding hydrogens is 176 g/mol. The Morgan fingerprint density at radius 3 is 2.36 bits per heavy atom. The number of ketones is 1. The Morgan fingerprint density at radius 1 is 1.36 bits per heavy atom. The van der Waals surface area contributed by atoms with Crippen molar-refractivity contribution in [1.82, 2.24) is 0 Å². The van der Waals surface area contributed by atoms with E-state index in [1.807, 2.05) is 37.3 Å². The van der Waals surface area contributed by atoms with Gasteiger partial charge in [-0.1, -0.05) is 37.3 Å². The number of Topliss-reactive ketones (excluding diaryl/α,β-unsaturated/α-hetero) is 1. The van der Waals surface area contributed by atoms with Crippen molar-refractivity contribution < 1.29 is 9.90 Å². The lowest BCUT2D eigenvalue weighted by Crippen LogP contribution is -2.27. The summed E-state index contributed by atoms with van der Waals surface area (Å²) in [7, 11) is 0. The van der Waals surface area contributed by atoms with Crippen molar-refractivity contribution in [3.05, 3.63) is 35.9 Å². The summed E-state index contributed by atoms with van der Waals surface area (Å²) in [4.78, 5) is 11.0. The Bertz CT molecular complexity index is 305. The quantitative estimate of drug-likeness (QED) is 0.794. The number of carbonyl (C=O) groups excluding carboxylic acids is 1. The van der Waals surface area contributed by atoms with Crippen molar-refractivity contribution >= 4 is 5.78 Å². The fraction of sp³-hybridized carbons (Fsp3) is 0.417. The summed E-state index contributed by atoms with van der Waals surface area (Å²) in [6.07, 6.45) is 0.740. The second-order valence-corrected chi connectivity index (χ2v) is 3.63. The molecule has 1 unspecified atom stereocenters. The Hall–Kier alpha value is -1.15. The number of aliphatic hydroxyl groups is 1. The van der Waals surface area contributed by atoms with Crippen molar-refractivity contribution in [1.29, 1.82) is 0 Å². The summed E-state index contributed by atoms with van der Waals surface area (Å²) in [6, 6.07) is 9.35. The third-order valence-electron chi connectivity index (χ3n) is 2.44. The van der Waals surface area contributed by atoms with Crippen molar-refractivity contribution in [3.8, 4) is 0 Å². The molecule has 0 heterocycles. The van der Waals surface area contributed by atoms with Gasteiger partial charge in [-0.05, 0) is 18.9 Å². The molecule has 1 atom stereocenters. The largest absolute Gasteiger partial charge is 0.385 e. The molecule has 0 radical (unpaired) electrons. The van der Waals surface area contributed by atoms with E-state index in [0.717, 1.165) is 5.56 Å². The highest BCUT2D eigenvalue weighted by Crippen LogP contribution is 2.28. The normalized spacial score (nSPS) is 14.8. The molecule has 0 amide bonds. The zero-order valence-electron chi connectivity index (χ0n) is 8.66. The van der Waals surface area contributed by atoms with Crippen LogP contribution >= 0.6 is 0 Å². The van der Waals surface area contributed by atoms with E-state index < -0.39 is 5.60 Å². The number of rotatable bonds is 4. The van der Waals surface area contributed by atoms with E-state index in [-0.39, 0.29) is 12.2 Å². The van der Waals surface area contributed by atoms with Crippen LogP contribution in [0.25, 0.3) is 0 Å². The topological polar surface area (TPSA) is 37.3 Å². The van der Waals surface area contributed by atoms with Gasteiger partial charge < -0.3 is 5.11 Å². The average Bonchev–Trinajstić information content (AvgIpc) is 2.18. The SMILES string of the molecule is CCC(O)(CC(C)=O)c1ccccc1. The first-order valence-corrected chi connectivity index (χ1v) is 4.86. The highest BCUT2D eigenvalue weighted by molar-refractivity contribution is 5.76. The predicted molar refractivity (Wildman–Crippen MR) is 55.9 cm³/mol. The number of benzene rings is 1. The summed E-state index contributed by atoms with van der Waals surface area (Å²) in [5, 5.41) is 10.2. The van der Waals surface area contributed by atoms with E-state index in [9.17, 15) is 9.90 Å². The van der Waals surface area contributed by atoms with Gasteiger partial charge in [0.2, 0.25) is 0 Å². The maximum absolute atomic E-state index is 11.0. The Kier molecular flexibility index (Phi) is 3.42. The lowest BCUT2D eigenvalue weighted by molar-refractivity contribution is -0.122. The number of hydrogen-bond donors (Lipinski definition) is 1. The molecule has 1 aromatic carbocycles. The molecule has 0 fully saturated rings. The lowest BCUT2D eigenvalue weighted by atomic mass is 9.87. The molecule has 0 saturated carbocycles. The van der Waals surface area contributed by atoms with Gasteiger partial charge in [0.15, 0.2) is 0 Å². The van der Waals surface area contributed by atoms with Crippen molar-refractivity contribution in [2.45, 2.75) is 32.3 Å². The molecule has 0 aromatic heterocycles. The molecule has 0 aliphatic carbocycles. The van der Waals surface area contributed by atoms with E-state index in [0.29, 0.717) is 6.42 Å². The van der Waals surface area contributed by atoms with Crippen LogP contribution in [0.15, 0.2) is 30.3 Å². The molecular formula is C12H16O2. The molecule has 14 heavy (non-hydrogen) atoms. The average molecular weight is 192 g/mol. The van der Waals surface area contributed by atoms with Crippen molar-refractivity contribution in [3.63, 3.8) is 0 Å². The first-order valence-electron chi connectivity index (χ1n) is 4.86. The maximum Gasteiger partial charge on any atom is 0.133 e. The van der Waals surface area contributed by atoms with Gasteiger partial charge in [-0.15, -0.1) is 0 Å². The van der Waals surface area contributed by atoms with Crippen LogP contribution in [0.5, 0.6) is 0 Å². The second-order valence-electron chi connectivity index (χ2n) is 3.63. The van der Waals surface area contributed by atoms with Crippen LogP contribution in [0.2, 0.25) is 0 Å². The Balaban J connectivity index is 2.95. The summed E-state index contributed by atoms with van der Waals surface area (Å²) in [5.74, 6) is 0.0122.